The molecular weight excluding hydrogens is 254 g/mol. The molecule has 1 amide bonds. The zero-order valence-corrected chi connectivity index (χ0v) is 12.2. The van der Waals surface area contributed by atoms with Crippen LogP contribution in [-0.2, 0) is 16.0 Å². The van der Waals surface area contributed by atoms with Crippen LogP contribution in [0.3, 0.4) is 0 Å². The maximum absolute atomic E-state index is 12.4. The van der Waals surface area contributed by atoms with E-state index in [-0.39, 0.29) is 11.9 Å². The highest BCUT2D eigenvalue weighted by Crippen LogP contribution is 2.28. The Labute approximate surface area is 119 Å². The van der Waals surface area contributed by atoms with Gasteiger partial charge < -0.3 is 10.1 Å². The highest BCUT2D eigenvalue weighted by atomic mass is 16.6. The van der Waals surface area contributed by atoms with Crippen molar-refractivity contribution in [3.63, 3.8) is 0 Å². The predicted octanol–water partition coefficient (Wildman–Crippen LogP) is 2.46. The topological polar surface area (TPSA) is 55.4 Å². The lowest BCUT2D eigenvalue weighted by atomic mass is 9.89. The first-order chi connectivity index (χ1) is 9.50. The minimum atomic E-state index is -1.12. The molecular formula is C16H21NO3. The van der Waals surface area contributed by atoms with E-state index >= 15 is 0 Å². The van der Waals surface area contributed by atoms with E-state index < -0.39 is 11.6 Å². The minimum Gasteiger partial charge on any atom is -0.445 e. The van der Waals surface area contributed by atoms with E-state index in [0.29, 0.717) is 12.0 Å². The van der Waals surface area contributed by atoms with Crippen molar-refractivity contribution in [1.82, 2.24) is 5.32 Å². The molecule has 1 aliphatic rings. The van der Waals surface area contributed by atoms with Gasteiger partial charge in [-0.3, -0.25) is 4.79 Å². The SMILES string of the molecule is CCC(CC)NC(=O)C1(C)Cc2ccccc2C(=O)O1. The molecule has 0 radical (unpaired) electrons. The van der Waals surface area contributed by atoms with E-state index in [1.54, 1.807) is 19.1 Å². The second-order valence-corrected chi connectivity index (χ2v) is 5.44. The maximum Gasteiger partial charge on any atom is 0.339 e. The van der Waals surface area contributed by atoms with Gasteiger partial charge in [0.2, 0.25) is 0 Å². The van der Waals surface area contributed by atoms with E-state index in [4.69, 9.17) is 4.74 Å². The smallest absolute Gasteiger partial charge is 0.339 e. The largest absolute Gasteiger partial charge is 0.445 e. The summed E-state index contributed by atoms with van der Waals surface area (Å²) in [5.74, 6) is -0.636. The summed E-state index contributed by atoms with van der Waals surface area (Å²) in [4.78, 5) is 24.4. The third-order valence-electron chi connectivity index (χ3n) is 3.88. The molecule has 0 spiro atoms. The molecule has 0 saturated carbocycles. The zero-order valence-electron chi connectivity index (χ0n) is 12.2. The Bertz CT molecular complexity index is 522. The summed E-state index contributed by atoms with van der Waals surface area (Å²) in [6.07, 6.45) is 2.15. The minimum absolute atomic E-state index is 0.121. The Kier molecular flexibility index (Phi) is 4.12. The van der Waals surface area contributed by atoms with Crippen LogP contribution in [0.1, 0.15) is 49.5 Å². The molecule has 1 aliphatic heterocycles. The van der Waals surface area contributed by atoms with Crippen molar-refractivity contribution in [1.29, 1.82) is 0 Å². The van der Waals surface area contributed by atoms with Gasteiger partial charge in [0, 0.05) is 12.5 Å². The molecule has 2 rings (SSSR count). The van der Waals surface area contributed by atoms with Crippen LogP contribution in [0.4, 0.5) is 0 Å². The average molecular weight is 275 g/mol. The molecule has 1 atom stereocenters. The van der Waals surface area contributed by atoms with Gasteiger partial charge >= 0.3 is 5.97 Å². The number of nitrogens with one attached hydrogen (secondary N) is 1. The van der Waals surface area contributed by atoms with Gasteiger partial charge in [-0.05, 0) is 31.4 Å². The maximum atomic E-state index is 12.4. The molecule has 1 unspecified atom stereocenters. The molecule has 0 aromatic heterocycles. The number of carbonyl (C=O) groups excluding carboxylic acids is 2. The van der Waals surface area contributed by atoms with Gasteiger partial charge in [-0.25, -0.2) is 4.79 Å². The van der Waals surface area contributed by atoms with Crippen LogP contribution in [0.5, 0.6) is 0 Å². The van der Waals surface area contributed by atoms with Crippen LogP contribution in [0.25, 0.3) is 0 Å². The predicted molar refractivity (Wildman–Crippen MR) is 76.5 cm³/mol. The molecule has 4 heteroatoms. The molecule has 1 aromatic carbocycles. The second kappa shape index (κ2) is 5.65. The van der Waals surface area contributed by atoms with Crippen LogP contribution in [0, 0.1) is 0 Å². The van der Waals surface area contributed by atoms with Crippen molar-refractivity contribution in [3.8, 4) is 0 Å². The molecule has 0 fully saturated rings. The molecule has 0 saturated heterocycles. The first kappa shape index (κ1) is 14.6. The number of hydrogen-bond acceptors (Lipinski definition) is 3. The van der Waals surface area contributed by atoms with Gasteiger partial charge in [0.05, 0.1) is 5.56 Å². The molecule has 1 aromatic rings. The van der Waals surface area contributed by atoms with Gasteiger partial charge in [0.25, 0.3) is 5.91 Å². The van der Waals surface area contributed by atoms with Crippen molar-refractivity contribution in [2.75, 3.05) is 0 Å². The normalized spacial score (nSPS) is 21.3. The van der Waals surface area contributed by atoms with Crippen LogP contribution >= 0.6 is 0 Å². The highest BCUT2D eigenvalue weighted by Gasteiger charge is 2.42. The lowest BCUT2D eigenvalue weighted by Crippen LogP contribution is -2.53. The van der Waals surface area contributed by atoms with Crippen molar-refractivity contribution in [2.24, 2.45) is 0 Å². The van der Waals surface area contributed by atoms with Crippen LogP contribution in [-0.4, -0.2) is 23.5 Å². The lowest BCUT2D eigenvalue weighted by Gasteiger charge is -2.34. The monoisotopic (exact) mass is 275 g/mol. The number of benzene rings is 1. The third kappa shape index (κ3) is 2.69. The molecule has 108 valence electrons. The fourth-order valence-electron chi connectivity index (χ4n) is 2.49. The van der Waals surface area contributed by atoms with E-state index in [0.717, 1.165) is 18.4 Å². The van der Waals surface area contributed by atoms with E-state index in [1.165, 1.54) is 0 Å². The van der Waals surface area contributed by atoms with Crippen LogP contribution in [0.2, 0.25) is 0 Å². The molecule has 4 nitrogen and oxygen atoms in total. The Balaban J connectivity index is 2.20. The first-order valence-corrected chi connectivity index (χ1v) is 7.12. The summed E-state index contributed by atoms with van der Waals surface area (Å²) in [7, 11) is 0. The number of cyclic esters (lactones) is 1. The molecule has 1 N–H and O–H groups in total. The summed E-state index contributed by atoms with van der Waals surface area (Å²) in [6.45, 7) is 5.73. The number of fused-ring (bicyclic) bond motifs is 1. The third-order valence-corrected chi connectivity index (χ3v) is 3.88. The summed E-state index contributed by atoms with van der Waals surface area (Å²) >= 11 is 0. The Hall–Kier alpha value is -1.84. The summed E-state index contributed by atoms with van der Waals surface area (Å²) < 4.78 is 5.40. The van der Waals surface area contributed by atoms with E-state index in [9.17, 15) is 9.59 Å². The number of hydrogen-bond donors (Lipinski definition) is 1. The standard InChI is InChI=1S/C16H21NO3/c1-4-12(5-2)17-15(19)16(3)10-11-8-6-7-9-13(11)14(18)20-16/h6-9,12H,4-5,10H2,1-3H3,(H,17,19). The van der Waals surface area contributed by atoms with Gasteiger partial charge in [-0.15, -0.1) is 0 Å². The van der Waals surface area contributed by atoms with Gasteiger partial charge in [0.1, 0.15) is 0 Å². The van der Waals surface area contributed by atoms with E-state index in [1.807, 2.05) is 26.0 Å². The van der Waals surface area contributed by atoms with Crippen LogP contribution in [0.15, 0.2) is 24.3 Å². The zero-order chi connectivity index (χ0) is 14.8. The molecule has 1 heterocycles. The number of carbonyl (C=O) groups is 2. The quantitative estimate of drug-likeness (QED) is 0.859. The Morgan fingerprint density at radius 1 is 1.35 bits per heavy atom. The second-order valence-electron chi connectivity index (χ2n) is 5.44. The van der Waals surface area contributed by atoms with Crippen molar-refractivity contribution in [2.45, 2.75) is 51.7 Å². The number of amides is 1. The molecule has 0 aliphatic carbocycles. The average Bonchev–Trinajstić information content (AvgIpc) is 2.44. The number of rotatable bonds is 4. The molecule has 20 heavy (non-hydrogen) atoms. The lowest BCUT2D eigenvalue weighted by molar-refractivity contribution is -0.140. The van der Waals surface area contributed by atoms with Crippen molar-refractivity contribution < 1.29 is 14.3 Å². The number of ether oxygens (including phenoxy) is 1. The van der Waals surface area contributed by atoms with Crippen molar-refractivity contribution in [3.05, 3.63) is 35.4 Å². The number of esters is 1. The fraction of sp³-hybridized carbons (Fsp3) is 0.500. The summed E-state index contributed by atoms with van der Waals surface area (Å²) in [5, 5.41) is 2.96. The van der Waals surface area contributed by atoms with Gasteiger partial charge in [-0.2, -0.15) is 0 Å². The summed E-state index contributed by atoms with van der Waals surface area (Å²) in [6, 6.07) is 7.40. The molecule has 0 bridgehead atoms. The first-order valence-electron chi connectivity index (χ1n) is 7.12. The van der Waals surface area contributed by atoms with E-state index in [2.05, 4.69) is 5.32 Å². The Morgan fingerprint density at radius 2 is 2.00 bits per heavy atom. The Morgan fingerprint density at radius 3 is 2.65 bits per heavy atom. The van der Waals surface area contributed by atoms with Gasteiger partial charge in [0.15, 0.2) is 5.60 Å². The summed E-state index contributed by atoms with van der Waals surface area (Å²) in [5.41, 5.74) is 0.305. The highest BCUT2D eigenvalue weighted by molar-refractivity contribution is 5.97. The fourth-order valence-corrected chi connectivity index (χ4v) is 2.49. The van der Waals surface area contributed by atoms with Gasteiger partial charge in [-0.1, -0.05) is 32.0 Å². The van der Waals surface area contributed by atoms with Crippen LogP contribution < -0.4 is 5.32 Å². The van der Waals surface area contributed by atoms with Crippen molar-refractivity contribution >= 4 is 11.9 Å².